The maximum absolute atomic E-state index is 10.6. The first-order chi connectivity index (χ1) is 4.24. The van der Waals surface area contributed by atoms with Gasteiger partial charge < -0.3 is 0 Å². The highest BCUT2D eigenvalue weighted by Crippen LogP contribution is 2.03. The molecule has 0 saturated heterocycles. The molecule has 0 saturated carbocycles. The molecule has 0 spiro atoms. The number of hydrogen-bond donors (Lipinski definition) is 0. The lowest BCUT2D eigenvalue weighted by atomic mass is 10.3. The molecule has 0 N–H and O–H groups in total. The summed E-state index contributed by atoms with van der Waals surface area (Å²) in [6.07, 6.45) is 0.160. The lowest BCUT2D eigenvalue weighted by molar-refractivity contribution is -0.127. The van der Waals surface area contributed by atoms with E-state index in [1.165, 1.54) is 12.1 Å². The Morgan fingerprint density at radius 3 is 2.78 bits per heavy atom. The van der Waals surface area contributed by atoms with Crippen molar-refractivity contribution in [3.8, 4) is 6.07 Å². The number of nitrogens with zero attached hydrogens (tertiary/aromatic N) is 3. The average Bonchev–Trinajstić information content (AvgIpc) is 2.13. The van der Waals surface area contributed by atoms with Crippen LogP contribution in [0.25, 0.3) is 0 Å². The molecule has 0 aliphatic carbocycles. The van der Waals surface area contributed by atoms with E-state index in [2.05, 4.69) is 5.10 Å². The number of carbonyl (C=O) groups is 1. The zero-order valence-corrected chi connectivity index (χ0v) is 4.96. The molecule has 9 heavy (non-hydrogen) atoms. The summed E-state index contributed by atoms with van der Waals surface area (Å²) in [4.78, 5) is 10.6. The Balaban J connectivity index is 2.77. The molecule has 4 nitrogen and oxygen atoms in total. The number of carbonyl (C=O) groups excluding carboxylic acids is 1. The van der Waals surface area contributed by atoms with E-state index < -0.39 is 0 Å². The van der Waals surface area contributed by atoms with Crippen molar-refractivity contribution in [2.75, 3.05) is 7.05 Å². The van der Waals surface area contributed by atoms with E-state index in [0.717, 1.165) is 0 Å². The van der Waals surface area contributed by atoms with Gasteiger partial charge in [0.1, 0.15) is 11.8 Å². The van der Waals surface area contributed by atoms with E-state index in [1.54, 1.807) is 0 Å². The summed E-state index contributed by atoms with van der Waals surface area (Å²) in [5, 5.41) is 13.0. The minimum absolute atomic E-state index is 0.119. The molecule has 0 unspecified atom stereocenters. The molecule has 0 atom stereocenters. The van der Waals surface area contributed by atoms with Crippen molar-refractivity contribution in [3.05, 3.63) is 0 Å². The van der Waals surface area contributed by atoms with Crippen LogP contribution < -0.4 is 0 Å². The van der Waals surface area contributed by atoms with Crippen LogP contribution in [-0.2, 0) is 4.79 Å². The fraction of sp³-hybridized carbons (Fsp3) is 0.400. The predicted octanol–water partition coefficient (Wildman–Crippen LogP) is -0.272. The second-order valence-corrected chi connectivity index (χ2v) is 1.75. The zero-order chi connectivity index (χ0) is 6.85. The molecule has 1 amide bonds. The van der Waals surface area contributed by atoms with Crippen LogP contribution >= 0.6 is 0 Å². The van der Waals surface area contributed by atoms with Gasteiger partial charge in [0.05, 0.1) is 6.42 Å². The van der Waals surface area contributed by atoms with E-state index in [9.17, 15) is 4.79 Å². The van der Waals surface area contributed by atoms with Gasteiger partial charge in [-0.15, -0.1) is 0 Å². The Morgan fingerprint density at radius 1 is 1.89 bits per heavy atom. The van der Waals surface area contributed by atoms with Gasteiger partial charge in [0.25, 0.3) is 0 Å². The third kappa shape index (κ3) is 0.891. The highest BCUT2D eigenvalue weighted by molar-refractivity contribution is 6.12. The molecule has 4 heteroatoms. The Hall–Kier alpha value is -1.37. The lowest BCUT2D eigenvalue weighted by Crippen LogP contribution is -2.13. The van der Waals surface area contributed by atoms with Crippen LogP contribution in [-0.4, -0.2) is 23.7 Å². The molecule has 46 valence electrons. The summed E-state index contributed by atoms with van der Waals surface area (Å²) in [5.41, 5.74) is 0.294. The van der Waals surface area contributed by atoms with Crippen LogP contribution in [0.4, 0.5) is 0 Å². The third-order valence-electron chi connectivity index (χ3n) is 1.08. The molecule has 0 aromatic carbocycles. The molecule has 1 aliphatic heterocycles. The number of hydrazone groups is 1. The Morgan fingerprint density at radius 2 is 2.56 bits per heavy atom. The fourth-order valence-corrected chi connectivity index (χ4v) is 0.592. The van der Waals surface area contributed by atoms with Crippen molar-refractivity contribution in [3.63, 3.8) is 0 Å². The summed E-state index contributed by atoms with van der Waals surface area (Å²) in [5.74, 6) is -0.119. The molecular weight excluding hydrogens is 118 g/mol. The smallest absolute Gasteiger partial charge is 0.249 e. The minimum Gasteiger partial charge on any atom is -0.272 e. The standard InChI is InChI=1S/C5H5N3O/c1-8-5(9)2-4(3-6)7-8/h2H2,1H3. The van der Waals surface area contributed by atoms with Crippen molar-refractivity contribution in [1.82, 2.24) is 5.01 Å². The largest absolute Gasteiger partial charge is 0.272 e. The molecule has 1 heterocycles. The second kappa shape index (κ2) is 1.86. The third-order valence-corrected chi connectivity index (χ3v) is 1.08. The molecule has 0 fully saturated rings. The van der Waals surface area contributed by atoms with E-state index in [-0.39, 0.29) is 12.3 Å². The van der Waals surface area contributed by atoms with E-state index in [1.807, 2.05) is 6.07 Å². The van der Waals surface area contributed by atoms with Gasteiger partial charge in [-0.1, -0.05) is 0 Å². The van der Waals surface area contributed by atoms with Crippen molar-refractivity contribution in [2.24, 2.45) is 5.10 Å². The summed E-state index contributed by atoms with van der Waals surface area (Å²) < 4.78 is 0. The van der Waals surface area contributed by atoms with Crippen LogP contribution in [0.15, 0.2) is 5.10 Å². The van der Waals surface area contributed by atoms with Gasteiger partial charge in [-0.3, -0.25) is 4.79 Å². The number of amides is 1. The summed E-state index contributed by atoms with van der Waals surface area (Å²) in [6, 6.07) is 1.81. The molecular formula is C5H5N3O. The van der Waals surface area contributed by atoms with Crippen molar-refractivity contribution in [2.45, 2.75) is 6.42 Å². The zero-order valence-electron chi connectivity index (χ0n) is 4.96. The Kier molecular flexibility index (Phi) is 1.19. The van der Waals surface area contributed by atoms with Crippen LogP contribution in [0.2, 0.25) is 0 Å². The maximum Gasteiger partial charge on any atom is 0.249 e. The van der Waals surface area contributed by atoms with Gasteiger partial charge >= 0.3 is 0 Å². The Labute approximate surface area is 52.4 Å². The van der Waals surface area contributed by atoms with Gasteiger partial charge in [0, 0.05) is 7.05 Å². The molecule has 1 rings (SSSR count). The summed E-state index contributed by atoms with van der Waals surface area (Å²) >= 11 is 0. The van der Waals surface area contributed by atoms with Crippen LogP contribution in [0, 0.1) is 11.3 Å². The quantitative estimate of drug-likeness (QED) is 0.445. The number of hydrogen-bond acceptors (Lipinski definition) is 3. The highest BCUT2D eigenvalue weighted by atomic mass is 16.2. The first-order valence-corrected chi connectivity index (χ1v) is 2.48. The first-order valence-electron chi connectivity index (χ1n) is 2.48. The molecule has 0 aromatic heterocycles. The lowest BCUT2D eigenvalue weighted by Gasteiger charge is -1.98. The normalized spacial score (nSPS) is 17.6. The van der Waals surface area contributed by atoms with Crippen molar-refractivity contribution >= 4 is 11.6 Å². The van der Waals surface area contributed by atoms with Gasteiger partial charge in [-0.25, -0.2) is 5.01 Å². The fourth-order valence-electron chi connectivity index (χ4n) is 0.592. The van der Waals surface area contributed by atoms with Crippen LogP contribution in [0.1, 0.15) is 6.42 Å². The van der Waals surface area contributed by atoms with Crippen LogP contribution in [0.3, 0.4) is 0 Å². The Bertz CT molecular complexity index is 213. The van der Waals surface area contributed by atoms with Crippen molar-refractivity contribution < 1.29 is 4.79 Å². The van der Waals surface area contributed by atoms with Gasteiger partial charge in [0.2, 0.25) is 5.91 Å². The minimum atomic E-state index is -0.119. The van der Waals surface area contributed by atoms with Crippen molar-refractivity contribution in [1.29, 1.82) is 5.26 Å². The highest BCUT2D eigenvalue weighted by Gasteiger charge is 2.18. The van der Waals surface area contributed by atoms with E-state index in [0.29, 0.717) is 5.71 Å². The molecule has 1 aliphatic rings. The number of rotatable bonds is 0. The van der Waals surface area contributed by atoms with E-state index >= 15 is 0 Å². The van der Waals surface area contributed by atoms with Gasteiger partial charge in [-0.05, 0) is 0 Å². The molecule has 0 radical (unpaired) electrons. The number of nitriles is 1. The second-order valence-electron chi connectivity index (χ2n) is 1.75. The molecule has 0 bridgehead atoms. The first kappa shape index (κ1) is 5.76. The average molecular weight is 123 g/mol. The van der Waals surface area contributed by atoms with Crippen LogP contribution in [0.5, 0.6) is 0 Å². The SMILES string of the molecule is CN1N=C(C#N)CC1=O. The van der Waals surface area contributed by atoms with E-state index in [4.69, 9.17) is 5.26 Å². The van der Waals surface area contributed by atoms with Gasteiger partial charge in [0.15, 0.2) is 0 Å². The maximum atomic E-state index is 10.6. The monoisotopic (exact) mass is 123 g/mol. The topological polar surface area (TPSA) is 56.5 Å². The van der Waals surface area contributed by atoms with Gasteiger partial charge in [-0.2, -0.15) is 10.4 Å². The summed E-state index contributed by atoms with van der Waals surface area (Å²) in [6.45, 7) is 0. The molecule has 0 aromatic rings. The predicted molar refractivity (Wildman–Crippen MR) is 30.4 cm³/mol. The summed E-state index contributed by atoms with van der Waals surface area (Å²) in [7, 11) is 1.53.